The predicted molar refractivity (Wildman–Crippen MR) is 111 cm³/mol. The van der Waals surface area contributed by atoms with Crippen molar-refractivity contribution < 1.29 is 26.4 Å². The first kappa shape index (κ1) is 23.8. The molecule has 0 saturated carbocycles. The number of carbonyl (C=O) groups is 1. The number of amides is 1. The molecular formula is C20H20ClF3N2O3S. The van der Waals surface area contributed by atoms with Gasteiger partial charge in [0.25, 0.3) is 5.91 Å². The maximum atomic E-state index is 13.5. The second kappa shape index (κ2) is 9.53. The van der Waals surface area contributed by atoms with Crippen LogP contribution in [0.1, 0.15) is 28.9 Å². The van der Waals surface area contributed by atoms with Gasteiger partial charge in [0, 0.05) is 39.5 Å². The first-order valence-electron chi connectivity index (χ1n) is 8.73. The van der Waals surface area contributed by atoms with Gasteiger partial charge < -0.3 is 10.6 Å². The number of nitrogens with one attached hydrogen (secondary N) is 2. The molecule has 1 amide bonds. The number of carbonyl (C=O) groups excluding carboxylic acids is 1. The average molecular weight is 461 g/mol. The van der Waals surface area contributed by atoms with E-state index in [-0.39, 0.29) is 21.8 Å². The Hall–Kier alpha value is -2.52. The van der Waals surface area contributed by atoms with Gasteiger partial charge in [-0.3, -0.25) is 4.79 Å². The molecule has 0 aliphatic carbocycles. The number of sulfone groups is 1. The summed E-state index contributed by atoms with van der Waals surface area (Å²) in [6.07, 6.45) is -2.25. The molecule has 10 heteroatoms. The SMILES string of the molecule is C[C@H](/C=C/S(C)(=O)=O)NC(=O)c1ccc(NC(c2ccccc2Cl)C(F)(F)F)cc1. The second-order valence-corrected chi connectivity index (χ2v) is 8.98. The molecule has 162 valence electrons. The largest absolute Gasteiger partial charge is 0.412 e. The van der Waals surface area contributed by atoms with Gasteiger partial charge in [-0.2, -0.15) is 13.2 Å². The second-order valence-electron chi connectivity index (χ2n) is 6.64. The molecule has 0 bridgehead atoms. The van der Waals surface area contributed by atoms with Crippen molar-refractivity contribution in [3.63, 3.8) is 0 Å². The van der Waals surface area contributed by atoms with Crippen LogP contribution in [0.2, 0.25) is 5.02 Å². The lowest BCUT2D eigenvalue weighted by Crippen LogP contribution is -2.31. The average Bonchev–Trinajstić information content (AvgIpc) is 2.64. The summed E-state index contributed by atoms with van der Waals surface area (Å²) in [5, 5.41) is 5.95. The number of anilines is 1. The Balaban J connectivity index is 2.13. The predicted octanol–water partition coefficient (Wildman–Crippen LogP) is 4.73. The molecule has 2 N–H and O–H groups in total. The van der Waals surface area contributed by atoms with E-state index < -0.39 is 34.0 Å². The Morgan fingerprint density at radius 2 is 1.70 bits per heavy atom. The van der Waals surface area contributed by atoms with E-state index in [2.05, 4.69) is 10.6 Å². The van der Waals surface area contributed by atoms with Crippen LogP contribution >= 0.6 is 11.6 Å². The molecule has 30 heavy (non-hydrogen) atoms. The first-order chi connectivity index (χ1) is 13.9. The van der Waals surface area contributed by atoms with Crippen LogP contribution in [0.15, 0.2) is 60.0 Å². The van der Waals surface area contributed by atoms with Crippen molar-refractivity contribution >= 4 is 33.0 Å². The quantitative estimate of drug-likeness (QED) is 0.626. The fourth-order valence-electron chi connectivity index (χ4n) is 2.53. The van der Waals surface area contributed by atoms with Gasteiger partial charge in [-0.1, -0.05) is 35.9 Å². The van der Waals surface area contributed by atoms with Gasteiger partial charge in [0.1, 0.15) is 6.04 Å². The summed E-state index contributed by atoms with van der Waals surface area (Å²) >= 11 is 5.92. The lowest BCUT2D eigenvalue weighted by molar-refractivity contribution is -0.144. The summed E-state index contributed by atoms with van der Waals surface area (Å²) in [6, 6.07) is 8.53. The maximum Gasteiger partial charge on any atom is 0.412 e. The van der Waals surface area contributed by atoms with E-state index in [1.54, 1.807) is 13.0 Å². The van der Waals surface area contributed by atoms with Crippen molar-refractivity contribution in [3.8, 4) is 0 Å². The Kier molecular flexibility index (Phi) is 7.54. The van der Waals surface area contributed by atoms with E-state index >= 15 is 0 Å². The molecule has 0 saturated heterocycles. The summed E-state index contributed by atoms with van der Waals surface area (Å²) < 4.78 is 62.9. The Morgan fingerprint density at radius 3 is 2.23 bits per heavy atom. The third kappa shape index (κ3) is 7.07. The smallest absolute Gasteiger partial charge is 0.370 e. The highest BCUT2D eigenvalue weighted by molar-refractivity contribution is 7.93. The zero-order valence-corrected chi connectivity index (χ0v) is 17.6. The van der Waals surface area contributed by atoms with Crippen LogP contribution in [-0.4, -0.2) is 32.8 Å². The monoisotopic (exact) mass is 460 g/mol. The minimum absolute atomic E-state index is 0.0144. The molecule has 0 radical (unpaired) electrons. The Morgan fingerprint density at radius 1 is 1.10 bits per heavy atom. The Bertz CT molecular complexity index is 1020. The highest BCUT2D eigenvalue weighted by Gasteiger charge is 2.41. The zero-order valence-electron chi connectivity index (χ0n) is 16.1. The van der Waals surface area contributed by atoms with Crippen LogP contribution < -0.4 is 10.6 Å². The Labute approximate surface area is 177 Å². The molecule has 2 aromatic carbocycles. The molecule has 0 spiro atoms. The van der Waals surface area contributed by atoms with E-state index in [1.165, 1.54) is 48.5 Å². The molecule has 1 unspecified atom stereocenters. The number of rotatable bonds is 7. The molecule has 0 fully saturated rings. The van der Waals surface area contributed by atoms with Crippen molar-refractivity contribution in [2.75, 3.05) is 11.6 Å². The number of alkyl halides is 3. The van der Waals surface area contributed by atoms with E-state index in [1.807, 2.05) is 0 Å². The highest BCUT2D eigenvalue weighted by atomic mass is 35.5. The molecule has 0 heterocycles. The fourth-order valence-corrected chi connectivity index (χ4v) is 3.29. The maximum absolute atomic E-state index is 13.5. The van der Waals surface area contributed by atoms with Crippen LogP contribution in [0.4, 0.5) is 18.9 Å². The summed E-state index contributed by atoms with van der Waals surface area (Å²) in [5.74, 6) is -0.495. The molecule has 0 aliphatic rings. The molecule has 2 atom stereocenters. The number of halogens is 4. The van der Waals surface area contributed by atoms with E-state index in [4.69, 9.17) is 11.6 Å². The minimum Gasteiger partial charge on any atom is -0.370 e. The lowest BCUT2D eigenvalue weighted by Gasteiger charge is -2.24. The normalized spacial score (nSPS) is 14.3. The number of hydrogen-bond acceptors (Lipinski definition) is 4. The molecular weight excluding hydrogens is 441 g/mol. The standard InChI is InChI=1S/C20H20ClF3N2O3S/c1-13(11-12-30(2,28)29)25-19(27)14-7-9-15(10-8-14)26-18(20(22,23)24)16-5-3-4-6-17(16)21/h3-13,18,26H,1-2H3,(H,25,27)/b12-11+/t13-,18?/m1/s1. The van der Waals surface area contributed by atoms with Crippen LogP contribution in [-0.2, 0) is 9.84 Å². The minimum atomic E-state index is -4.59. The summed E-state index contributed by atoms with van der Waals surface area (Å²) in [4.78, 5) is 12.2. The summed E-state index contributed by atoms with van der Waals surface area (Å²) in [7, 11) is -3.32. The molecule has 0 aliphatic heterocycles. The summed E-state index contributed by atoms with van der Waals surface area (Å²) in [6.45, 7) is 1.59. The van der Waals surface area contributed by atoms with Crippen molar-refractivity contribution in [2.45, 2.75) is 25.2 Å². The van der Waals surface area contributed by atoms with Gasteiger partial charge in [-0.15, -0.1) is 0 Å². The molecule has 0 aromatic heterocycles. The van der Waals surface area contributed by atoms with Gasteiger partial charge in [-0.25, -0.2) is 8.42 Å². The van der Waals surface area contributed by atoms with Crippen molar-refractivity contribution in [3.05, 3.63) is 76.2 Å². The van der Waals surface area contributed by atoms with Crippen LogP contribution in [0, 0.1) is 0 Å². The van der Waals surface area contributed by atoms with Crippen molar-refractivity contribution in [2.24, 2.45) is 0 Å². The molecule has 5 nitrogen and oxygen atoms in total. The van der Waals surface area contributed by atoms with Crippen LogP contribution in [0.3, 0.4) is 0 Å². The topological polar surface area (TPSA) is 75.3 Å². The first-order valence-corrected chi connectivity index (χ1v) is 11.1. The van der Waals surface area contributed by atoms with E-state index in [0.717, 1.165) is 11.7 Å². The van der Waals surface area contributed by atoms with Gasteiger partial charge in [0.2, 0.25) is 0 Å². The lowest BCUT2D eigenvalue weighted by atomic mass is 10.1. The third-order valence-corrected chi connectivity index (χ3v) is 4.97. The van der Waals surface area contributed by atoms with Crippen LogP contribution in [0.25, 0.3) is 0 Å². The third-order valence-electron chi connectivity index (χ3n) is 3.97. The van der Waals surface area contributed by atoms with Crippen LogP contribution in [0.5, 0.6) is 0 Å². The molecule has 2 aromatic rings. The van der Waals surface area contributed by atoms with Crippen molar-refractivity contribution in [1.82, 2.24) is 5.32 Å². The van der Waals surface area contributed by atoms with E-state index in [0.29, 0.717) is 0 Å². The van der Waals surface area contributed by atoms with Gasteiger partial charge in [-0.05, 0) is 37.3 Å². The van der Waals surface area contributed by atoms with Gasteiger partial charge >= 0.3 is 6.18 Å². The number of benzene rings is 2. The number of hydrogen-bond donors (Lipinski definition) is 2. The zero-order chi connectivity index (χ0) is 22.5. The van der Waals surface area contributed by atoms with Gasteiger partial charge in [0.15, 0.2) is 9.84 Å². The fraction of sp³-hybridized carbons (Fsp3) is 0.250. The summed E-state index contributed by atoms with van der Waals surface area (Å²) in [5.41, 5.74) is 0.250. The van der Waals surface area contributed by atoms with Crippen molar-refractivity contribution in [1.29, 1.82) is 0 Å². The molecule has 2 rings (SSSR count). The van der Waals surface area contributed by atoms with Gasteiger partial charge in [0.05, 0.1) is 0 Å². The van der Waals surface area contributed by atoms with E-state index in [9.17, 15) is 26.4 Å². The highest BCUT2D eigenvalue weighted by Crippen LogP contribution is 2.38.